The van der Waals surface area contributed by atoms with Crippen LogP contribution in [0.2, 0.25) is 0 Å². The highest BCUT2D eigenvalue weighted by Gasteiger charge is 2.38. The van der Waals surface area contributed by atoms with Crippen LogP contribution in [0, 0.1) is 28.9 Å². The number of rotatable bonds is 6. The molecule has 0 aromatic heterocycles. The van der Waals surface area contributed by atoms with Gasteiger partial charge in [-0.1, -0.05) is 0 Å². The molecular weight excluding hydrogens is 298 g/mol. The Morgan fingerprint density at radius 3 is 2.62 bits per heavy atom. The van der Waals surface area contributed by atoms with E-state index in [4.69, 9.17) is 5.26 Å². The van der Waals surface area contributed by atoms with Gasteiger partial charge in [-0.25, -0.2) is 17.2 Å². The molecule has 0 spiro atoms. The van der Waals surface area contributed by atoms with E-state index in [1.165, 1.54) is 0 Å². The molecule has 0 amide bonds. The maximum atomic E-state index is 13.8. The van der Waals surface area contributed by atoms with Gasteiger partial charge in [0.05, 0.1) is 6.07 Å². The molecule has 7 heteroatoms. The van der Waals surface area contributed by atoms with Crippen molar-refractivity contribution in [3.8, 4) is 6.07 Å². The molecule has 2 rings (SSSR count). The molecule has 1 fully saturated rings. The Hall–Kier alpha value is -1.52. The van der Waals surface area contributed by atoms with E-state index in [1.807, 2.05) is 6.07 Å². The first kappa shape index (κ1) is 15.9. The van der Waals surface area contributed by atoms with Gasteiger partial charge in [-0.15, -0.1) is 0 Å². The molecule has 1 atom stereocenters. The van der Waals surface area contributed by atoms with Crippen LogP contribution in [0.5, 0.6) is 0 Å². The predicted molar refractivity (Wildman–Crippen MR) is 72.7 cm³/mol. The van der Waals surface area contributed by atoms with Crippen molar-refractivity contribution in [3.63, 3.8) is 0 Å². The van der Waals surface area contributed by atoms with Gasteiger partial charge < -0.3 is 0 Å². The SMILES string of the molecule is C[C@H](C1CC1)N(CCC#N)S(=O)(=O)c1ccc(F)cc1F. The minimum atomic E-state index is -4.08. The van der Waals surface area contributed by atoms with Crippen molar-refractivity contribution in [1.29, 1.82) is 5.26 Å². The van der Waals surface area contributed by atoms with Crippen LogP contribution in [0.3, 0.4) is 0 Å². The molecule has 0 heterocycles. The molecule has 1 aliphatic carbocycles. The average molecular weight is 314 g/mol. The molecule has 0 unspecified atom stereocenters. The maximum absolute atomic E-state index is 13.8. The lowest BCUT2D eigenvalue weighted by Crippen LogP contribution is -2.40. The lowest BCUT2D eigenvalue weighted by atomic mass is 10.2. The van der Waals surface area contributed by atoms with Crippen molar-refractivity contribution in [2.24, 2.45) is 5.92 Å². The summed E-state index contributed by atoms with van der Waals surface area (Å²) in [6, 6.07) is 4.00. The Morgan fingerprint density at radius 1 is 1.43 bits per heavy atom. The summed E-state index contributed by atoms with van der Waals surface area (Å²) >= 11 is 0. The van der Waals surface area contributed by atoms with Gasteiger partial charge in [-0.2, -0.15) is 9.57 Å². The van der Waals surface area contributed by atoms with E-state index in [0.717, 1.165) is 29.3 Å². The number of hydrogen-bond acceptors (Lipinski definition) is 3. The topological polar surface area (TPSA) is 61.2 Å². The fourth-order valence-corrected chi connectivity index (χ4v) is 4.07. The highest BCUT2D eigenvalue weighted by Crippen LogP contribution is 2.37. The zero-order chi connectivity index (χ0) is 15.6. The molecule has 1 aromatic rings. The van der Waals surface area contributed by atoms with Gasteiger partial charge in [0, 0.05) is 25.1 Å². The number of hydrogen-bond donors (Lipinski definition) is 0. The van der Waals surface area contributed by atoms with Gasteiger partial charge in [0.1, 0.15) is 16.5 Å². The summed E-state index contributed by atoms with van der Waals surface area (Å²) in [5.41, 5.74) is 0. The number of sulfonamides is 1. The fourth-order valence-electron chi connectivity index (χ4n) is 2.33. The van der Waals surface area contributed by atoms with Crippen molar-refractivity contribution in [2.75, 3.05) is 6.54 Å². The molecule has 1 aromatic carbocycles. The quantitative estimate of drug-likeness (QED) is 0.811. The van der Waals surface area contributed by atoms with Gasteiger partial charge in [0.15, 0.2) is 0 Å². The van der Waals surface area contributed by atoms with Crippen LogP contribution in [0.25, 0.3) is 0 Å². The van der Waals surface area contributed by atoms with Crippen LogP contribution in [-0.4, -0.2) is 25.3 Å². The normalized spacial score (nSPS) is 16.7. The highest BCUT2D eigenvalue weighted by molar-refractivity contribution is 7.89. The third kappa shape index (κ3) is 3.39. The Balaban J connectivity index is 2.38. The Kier molecular flexibility index (Phi) is 4.59. The van der Waals surface area contributed by atoms with Crippen LogP contribution in [0.15, 0.2) is 23.1 Å². The second-order valence-electron chi connectivity index (χ2n) is 5.18. The molecule has 1 aliphatic rings. The predicted octanol–water partition coefficient (Wildman–Crippen LogP) is 2.67. The molecule has 0 radical (unpaired) electrons. The van der Waals surface area contributed by atoms with Gasteiger partial charge in [0.2, 0.25) is 10.0 Å². The highest BCUT2D eigenvalue weighted by atomic mass is 32.2. The second-order valence-corrected chi connectivity index (χ2v) is 7.04. The minimum absolute atomic E-state index is 0.00726. The van der Waals surface area contributed by atoms with E-state index >= 15 is 0 Å². The summed E-state index contributed by atoms with van der Waals surface area (Å²) in [4.78, 5) is -0.547. The van der Waals surface area contributed by atoms with Crippen molar-refractivity contribution in [3.05, 3.63) is 29.8 Å². The summed E-state index contributed by atoms with van der Waals surface area (Å²) in [5, 5.41) is 8.68. The molecule has 114 valence electrons. The van der Waals surface area contributed by atoms with Crippen LogP contribution in [0.4, 0.5) is 8.78 Å². The second kappa shape index (κ2) is 6.08. The monoisotopic (exact) mass is 314 g/mol. The van der Waals surface area contributed by atoms with Crippen LogP contribution in [0.1, 0.15) is 26.2 Å². The molecule has 1 saturated carbocycles. The first-order valence-electron chi connectivity index (χ1n) is 6.71. The third-order valence-corrected chi connectivity index (χ3v) is 5.70. The van der Waals surface area contributed by atoms with Crippen LogP contribution < -0.4 is 0 Å². The number of halogens is 2. The summed E-state index contributed by atoms with van der Waals surface area (Å²) in [7, 11) is -4.08. The number of nitriles is 1. The average Bonchev–Trinajstić information content (AvgIpc) is 3.22. The van der Waals surface area contributed by atoms with Crippen molar-refractivity contribution in [1.82, 2.24) is 4.31 Å². The Bertz CT molecular complexity index is 666. The zero-order valence-corrected chi connectivity index (χ0v) is 12.4. The first-order chi connectivity index (χ1) is 9.87. The lowest BCUT2D eigenvalue weighted by Gasteiger charge is -2.27. The lowest BCUT2D eigenvalue weighted by molar-refractivity contribution is 0.313. The summed E-state index contributed by atoms with van der Waals surface area (Å²) in [6.45, 7) is 1.77. The number of benzene rings is 1. The van der Waals surface area contributed by atoms with E-state index in [1.54, 1.807) is 6.92 Å². The first-order valence-corrected chi connectivity index (χ1v) is 8.15. The molecule has 21 heavy (non-hydrogen) atoms. The minimum Gasteiger partial charge on any atom is -0.207 e. The van der Waals surface area contributed by atoms with E-state index in [0.29, 0.717) is 6.07 Å². The van der Waals surface area contributed by atoms with Crippen molar-refractivity contribution in [2.45, 2.75) is 37.1 Å². The summed E-state index contributed by atoms with van der Waals surface area (Å²) in [5.74, 6) is -1.70. The summed E-state index contributed by atoms with van der Waals surface area (Å²) < 4.78 is 53.1. The molecule has 0 bridgehead atoms. The third-order valence-electron chi connectivity index (χ3n) is 3.68. The van der Waals surface area contributed by atoms with Gasteiger partial charge in [-0.05, 0) is 37.8 Å². The largest absolute Gasteiger partial charge is 0.246 e. The Morgan fingerprint density at radius 2 is 2.10 bits per heavy atom. The standard InChI is InChI=1S/C14H16F2N2O2S/c1-10(11-3-4-11)18(8-2-7-17)21(19,20)14-6-5-12(15)9-13(14)16/h5-6,9-11H,2-4,8H2,1H3/t10-/m1/s1. The van der Waals surface area contributed by atoms with Gasteiger partial charge in [-0.3, -0.25) is 0 Å². The smallest absolute Gasteiger partial charge is 0.207 e. The van der Waals surface area contributed by atoms with Crippen molar-refractivity contribution >= 4 is 10.0 Å². The fraction of sp³-hybridized carbons (Fsp3) is 0.500. The zero-order valence-electron chi connectivity index (χ0n) is 11.6. The summed E-state index contributed by atoms with van der Waals surface area (Å²) in [6.07, 6.45) is 1.87. The van der Waals surface area contributed by atoms with Gasteiger partial charge >= 0.3 is 0 Å². The molecule has 0 N–H and O–H groups in total. The molecule has 4 nitrogen and oxygen atoms in total. The maximum Gasteiger partial charge on any atom is 0.246 e. The van der Waals surface area contributed by atoms with Gasteiger partial charge in [0.25, 0.3) is 0 Å². The molecule has 0 saturated heterocycles. The van der Waals surface area contributed by atoms with Crippen LogP contribution in [-0.2, 0) is 10.0 Å². The Labute approximate surface area is 123 Å². The molecular formula is C14H16F2N2O2S. The van der Waals surface area contributed by atoms with E-state index in [2.05, 4.69) is 0 Å². The van der Waals surface area contributed by atoms with E-state index in [9.17, 15) is 17.2 Å². The number of nitrogens with zero attached hydrogens (tertiary/aromatic N) is 2. The van der Waals surface area contributed by atoms with Crippen LogP contribution >= 0.6 is 0 Å². The van der Waals surface area contributed by atoms with E-state index < -0.39 is 26.6 Å². The molecule has 0 aliphatic heterocycles. The van der Waals surface area contributed by atoms with E-state index in [-0.39, 0.29) is 24.9 Å². The van der Waals surface area contributed by atoms with Crippen molar-refractivity contribution < 1.29 is 17.2 Å².